The van der Waals surface area contributed by atoms with Crippen molar-refractivity contribution >= 4 is 0 Å². The second kappa shape index (κ2) is 2.12. The molecular weight excluding hydrogens is 122 g/mol. The molecule has 54 valence electrons. The predicted molar refractivity (Wildman–Crippen MR) is 41.3 cm³/mol. The maximum atomic E-state index is 8.46. The molecule has 1 fully saturated rings. The molecular formula is C9H13N. The summed E-state index contributed by atoms with van der Waals surface area (Å²) in [5, 5.41) is 8.46. The first kappa shape index (κ1) is 7.34. The fourth-order valence-electron chi connectivity index (χ4n) is 1.13. The normalized spacial score (nSPS) is 29.4. The predicted octanol–water partition coefficient (Wildman–Crippen LogP) is 2.50. The minimum Gasteiger partial charge on any atom is -0.193 e. The summed E-state index contributed by atoms with van der Waals surface area (Å²) in [7, 11) is 0. The van der Waals surface area contributed by atoms with Gasteiger partial charge in [-0.3, -0.25) is 0 Å². The van der Waals surface area contributed by atoms with Gasteiger partial charge in [0.05, 0.1) is 6.07 Å². The molecule has 1 saturated carbocycles. The van der Waals surface area contributed by atoms with Crippen LogP contribution in [0.3, 0.4) is 0 Å². The van der Waals surface area contributed by atoms with E-state index < -0.39 is 0 Å². The van der Waals surface area contributed by atoms with E-state index in [9.17, 15) is 0 Å². The van der Waals surface area contributed by atoms with Crippen LogP contribution in [0.25, 0.3) is 0 Å². The number of hydrogen-bond donors (Lipinski definition) is 0. The number of nitrogens with zero attached hydrogens (tertiary/aromatic N) is 1. The van der Waals surface area contributed by atoms with Gasteiger partial charge < -0.3 is 0 Å². The van der Waals surface area contributed by atoms with E-state index >= 15 is 0 Å². The van der Waals surface area contributed by atoms with Crippen LogP contribution >= 0.6 is 0 Å². The minimum absolute atomic E-state index is 0.470. The summed E-state index contributed by atoms with van der Waals surface area (Å²) in [4.78, 5) is 0. The Morgan fingerprint density at radius 3 is 2.50 bits per heavy atom. The van der Waals surface area contributed by atoms with Crippen molar-refractivity contribution < 1.29 is 0 Å². The first-order chi connectivity index (χ1) is 4.56. The van der Waals surface area contributed by atoms with E-state index in [2.05, 4.69) is 26.0 Å². The van der Waals surface area contributed by atoms with Crippen LogP contribution in [0, 0.1) is 22.7 Å². The van der Waals surface area contributed by atoms with Crippen LogP contribution in [0.2, 0.25) is 0 Å². The van der Waals surface area contributed by atoms with Crippen LogP contribution in [-0.2, 0) is 0 Å². The van der Waals surface area contributed by atoms with Crippen molar-refractivity contribution in [2.45, 2.75) is 27.2 Å². The monoisotopic (exact) mass is 135 g/mol. The molecule has 0 N–H and O–H groups in total. The van der Waals surface area contributed by atoms with Crippen LogP contribution in [0.15, 0.2) is 11.6 Å². The Bertz CT molecular complexity index is 205. The molecule has 1 rings (SSSR count). The second-order valence-corrected chi connectivity index (χ2v) is 3.76. The maximum absolute atomic E-state index is 8.46. The van der Waals surface area contributed by atoms with E-state index in [0.29, 0.717) is 11.3 Å². The Hall–Kier alpha value is -0.770. The first-order valence-electron chi connectivity index (χ1n) is 3.65. The summed E-state index contributed by atoms with van der Waals surface area (Å²) < 4.78 is 0. The number of allylic oxidation sites excluding steroid dienone is 2. The third kappa shape index (κ3) is 1.39. The third-order valence-corrected chi connectivity index (χ3v) is 2.22. The maximum Gasteiger partial charge on any atom is 0.0940 e. The molecule has 1 atom stereocenters. The van der Waals surface area contributed by atoms with E-state index in [1.165, 1.54) is 6.42 Å². The number of nitriles is 1. The van der Waals surface area contributed by atoms with Gasteiger partial charge in [-0.25, -0.2) is 0 Å². The van der Waals surface area contributed by atoms with Crippen LogP contribution in [0.5, 0.6) is 0 Å². The molecule has 0 spiro atoms. The van der Waals surface area contributed by atoms with Crippen molar-refractivity contribution in [3.05, 3.63) is 11.6 Å². The topological polar surface area (TPSA) is 23.8 Å². The number of hydrogen-bond acceptors (Lipinski definition) is 1. The largest absolute Gasteiger partial charge is 0.193 e. The van der Waals surface area contributed by atoms with Crippen molar-refractivity contribution in [1.82, 2.24) is 0 Å². The summed E-state index contributed by atoms with van der Waals surface area (Å²) in [6, 6.07) is 2.14. The van der Waals surface area contributed by atoms with Gasteiger partial charge in [-0.2, -0.15) is 5.26 Å². The number of rotatable bonds is 1. The Morgan fingerprint density at radius 1 is 1.70 bits per heavy atom. The molecule has 0 aromatic carbocycles. The van der Waals surface area contributed by atoms with E-state index in [1.54, 1.807) is 0 Å². The highest BCUT2D eigenvalue weighted by atomic mass is 14.5. The molecule has 1 nitrogen and oxygen atoms in total. The zero-order valence-corrected chi connectivity index (χ0v) is 6.81. The third-order valence-electron chi connectivity index (χ3n) is 2.22. The molecule has 1 aliphatic carbocycles. The molecule has 1 heteroatoms. The zero-order chi connectivity index (χ0) is 7.78. The van der Waals surface area contributed by atoms with Crippen LogP contribution in [0.1, 0.15) is 27.2 Å². The van der Waals surface area contributed by atoms with Gasteiger partial charge in [0.1, 0.15) is 0 Å². The minimum atomic E-state index is 0.470. The lowest BCUT2D eigenvalue weighted by Gasteiger charge is -1.95. The van der Waals surface area contributed by atoms with Gasteiger partial charge in [0.15, 0.2) is 0 Å². The lowest BCUT2D eigenvalue weighted by Crippen LogP contribution is -1.86. The van der Waals surface area contributed by atoms with Crippen molar-refractivity contribution in [2.75, 3.05) is 0 Å². The summed E-state index contributed by atoms with van der Waals surface area (Å²) in [5.41, 5.74) is 1.33. The molecule has 0 unspecified atom stereocenters. The summed E-state index contributed by atoms with van der Waals surface area (Å²) in [6.07, 6.45) is 3.33. The lowest BCUT2D eigenvalue weighted by molar-refractivity contribution is 0.609. The van der Waals surface area contributed by atoms with E-state index in [0.717, 1.165) is 5.57 Å². The van der Waals surface area contributed by atoms with Gasteiger partial charge in [-0.15, -0.1) is 0 Å². The Kier molecular flexibility index (Phi) is 1.56. The molecule has 0 saturated heterocycles. The summed E-state index contributed by atoms with van der Waals surface area (Å²) in [5.74, 6) is 0.659. The molecule has 1 aliphatic rings. The Labute approximate surface area is 62.4 Å². The SMILES string of the molecule is C/C(C#N)=C\[C@H]1CC1(C)C. The average molecular weight is 135 g/mol. The molecule has 0 radical (unpaired) electrons. The Morgan fingerprint density at radius 2 is 2.20 bits per heavy atom. The molecule has 0 amide bonds. The molecule has 0 aromatic rings. The zero-order valence-electron chi connectivity index (χ0n) is 6.81. The fraction of sp³-hybridized carbons (Fsp3) is 0.667. The average Bonchev–Trinajstić information content (AvgIpc) is 2.40. The van der Waals surface area contributed by atoms with Crippen LogP contribution in [0.4, 0.5) is 0 Å². The summed E-state index contributed by atoms with van der Waals surface area (Å²) >= 11 is 0. The quantitative estimate of drug-likeness (QED) is 0.507. The van der Waals surface area contributed by atoms with E-state index in [4.69, 9.17) is 5.26 Å². The molecule has 0 aliphatic heterocycles. The molecule has 0 bridgehead atoms. The highest BCUT2D eigenvalue weighted by molar-refractivity contribution is 5.22. The van der Waals surface area contributed by atoms with Crippen LogP contribution in [-0.4, -0.2) is 0 Å². The van der Waals surface area contributed by atoms with Gasteiger partial charge >= 0.3 is 0 Å². The van der Waals surface area contributed by atoms with E-state index in [1.807, 2.05) is 6.92 Å². The van der Waals surface area contributed by atoms with Gasteiger partial charge in [-0.1, -0.05) is 19.9 Å². The molecule has 10 heavy (non-hydrogen) atoms. The fourth-order valence-corrected chi connectivity index (χ4v) is 1.13. The highest BCUT2D eigenvalue weighted by Gasteiger charge is 2.43. The van der Waals surface area contributed by atoms with Gasteiger partial charge in [0.2, 0.25) is 0 Å². The van der Waals surface area contributed by atoms with Gasteiger partial charge in [0, 0.05) is 5.57 Å². The molecule has 0 heterocycles. The van der Waals surface area contributed by atoms with Gasteiger partial charge in [0.25, 0.3) is 0 Å². The molecule has 0 aromatic heterocycles. The lowest BCUT2D eigenvalue weighted by atomic mass is 10.1. The van der Waals surface area contributed by atoms with Crippen molar-refractivity contribution in [1.29, 1.82) is 5.26 Å². The van der Waals surface area contributed by atoms with Crippen molar-refractivity contribution in [3.63, 3.8) is 0 Å². The first-order valence-corrected chi connectivity index (χ1v) is 3.65. The van der Waals surface area contributed by atoms with Crippen molar-refractivity contribution in [2.24, 2.45) is 11.3 Å². The van der Waals surface area contributed by atoms with E-state index in [-0.39, 0.29) is 0 Å². The summed E-state index contributed by atoms with van der Waals surface area (Å²) in [6.45, 7) is 6.34. The standard InChI is InChI=1S/C9H13N/c1-7(6-10)4-8-5-9(8,2)3/h4,8H,5H2,1-3H3/b7-4+/t8-/m0/s1. The Balaban J connectivity index is 2.52. The van der Waals surface area contributed by atoms with Crippen molar-refractivity contribution in [3.8, 4) is 6.07 Å². The second-order valence-electron chi connectivity index (χ2n) is 3.76. The van der Waals surface area contributed by atoms with Crippen LogP contribution < -0.4 is 0 Å². The smallest absolute Gasteiger partial charge is 0.0940 e. The van der Waals surface area contributed by atoms with Gasteiger partial charge in [-0.05, 0) is 24.7 Å². The highest BCUT2D eigenvalue weighted by Crippen LogP contribution is 2.52.